The molecule has 0 heterocycles. The molecule has 0 saturated heterocycles. The first kappa shape index (κ1) is 12.5. The van der Waals surface area contributed by atoms with Gasteiger partial charge in [-0.2, -0.15) is 0 Å². The van der Waals surface area contributed by atoms with Crippen LogP contribution in [0.4, 0.5) is 13.2 Å². The summed E-state index contributed by atoms with van der Waals surface area (Å²) in [6, 6.07) is 1.13. The third-order valence-electron chi connectivity index (χ3n) is 1.83. The number of carboxylic acids is 1. The quantitative estimate of drug-likeness (QED) is 0.789. The van der Waals surface area contributed by atoms with Gasteiger partial charge in [-0.15, -0.1) is 0 Å². The molecule has 0 aliphatic heterocycles. The zero-order chi connectivity index (χ0) is 12.1. The predicted octanol–water partition coefficient (Wildman–Crippen LogP) is 1.75. The van der Waals surface area contributed by atoms with Crippen molar-refractivity contribution in [2.75, 3.05) is 13.2 Å². The van der Waals surface area contributed by atoms with Crippen molar-refractivity contribution in [2.45, 2.75) is 6.42 Å². The summed E-state index contributed by atoms with van der Waals surface area (Å²) in [6.45, 7) is -0.684. The van der Waals surface area contributed by atoms with Crippen LogP contribution in [0.5, 0.6) is 0 Å². The molecule has 0 aliphatic carbocycles. The number of carbonyl (C=O) groups is 1. The van der Waals surface area contributed by atoms with Crippen LogP contribution in [0.25, 0.3) is 0 Å². The van der Waals surface area contributed by atoms with Gasteiger partial charge in [0.1, 0.15) is 24.1 Å². The lowest BCUT2D eigenvalue weighted by Crippen LogP contribution is -2.10. The van der Waals surface area contributed by atoms with Crippen LogP contribution in [-0.2, 0) is 16.0 Å². The molecule has 0 unspecified atom stereocenters. The molecule has 0 spiro atoms. The van der Waals surface area contributed by atoms with Gasteiger partial charge in [0, 0.05) is 24.1 Å². The van der Waals surface area contributed by atoms with Crippen LogP contribution < -0.4 is 0 Å². The topological polar surface area (TPSA) is 46.5 Å². The third kappa shape index (κ3) is 3.54. The number of aliphatic carboxylic acids is 1. The molecule has 0 fully saturated rings. The lowest BCUT2D eigenvalue weighted by molar-refractivity contribution is -0.142. The molecule has 0 amide bonds. The molecule has 1 N–H and O–H groups in total. The Hall–Kier alpha value is -1.56. The van der Waals surface area contributed by atoms with Gasteiger partial charge >= 0.3 is 5.97 Å². The second-order valence-corrected chi connectivity index (χ2v) is 3.04. The molecular weight excluding hydrogens is 225 g/mol. The lowest BCUT2D eigenvalue weighted by Gasteiger charge is -2.05. The molecule has 6 heteroatoms. The van der Waals surface area contributed by atoms with E-state index in [2.05, 4.69) is 4.74 Å². The van der Waals surface area contributed by atoms with E-state index in [1.165, 1.54) is 0 Å². The number of rotatable bonds is 5. The van der Waals surface area contributed by atoms with Crippen molar-refractivity contribution >= 4 is 5.97 Å². The van der Waals surface area contributed by atoms with Gasteiger partial charge in [0.25, 0.3) is 0 Å². The summed E-state index contributed by atoms with van der Waals surface area (Å²) in [6.07, 6.45) is -0.148. The van der Waals surface area contributed by atoms with Crippen LogP contribution in [0.3, 0.4) is 0 Å². The average Bonchev–Trinajstić information content (AvgIpc) is 2.14. The zero-order valence-electron chi connectivity index (χ0n) is 8.17. The average molecular weight is 234 g/mol. The molecule has 0 aliphatic rings. The van der Waals surface area contributed by atoms with Crippen LogP contribution in [-0.4, -0.2) is 24.3 Å². The minimum Gasteiger partial charge on any atom is -0.480 e. The first-order valence-electron chi connectivity index (χ1n) is 4.43. The molecule has 0 aromatic heterocycles. The van der Waals surface area contributed by atoms with Crippen molar-refractivity contribution in [2.24, 2.45) is 0 Å². The summed E-state index contributed by atoms with van der Waals surface area (Å²) in [5, 5.41) is 8.23. The van der Waals surface area contributed by atoms with E-state index in [9.17, 15) is 18.0 Å². The maximum Gasteiger partial charge on any atom is 0.329 e. The van der Waals surface area contributed by atoms with Crippen molar-refractivity contribution in [1.82, 2.24) is 0 Å². The molecule has 0 saturated carbocycles. The van der Waals surface area contributed by atoms with Crippen molar-refractivity contribution in [1.29, 1.82) is 0 Å². The molecule has 0 atom stereocenters. The normalized spacial score (nSPS) is 10.4. The summed E-state index contributed by atoms with van der Waals surface area (Å²) in [7, 11) is 0. The fourth-order valence-corrected chi connectivity index (χ4v) is 1.14. The lowest BCUT2D eigenvalue weighted by atomic mass is 10.1. The highest BCUT2D eigenvalue weighted by molar-refractivity contribution is 5.67. The van der Waals surface area contributed by atoms with Gasteiger partial charge in [0.05, 0.1) is 6.61 Å². The van der Waals surface area contributed by atoms with E-state index >= 15 is 0 Å². The molecule has 88 valence electrons. The van der Waals surface area contributed by atoms with Crippen LogP contribution in [0.2, 0.25) is 0 Å². The summed E-state index contributed by atoms with van der Waals surface area (Å²) in [5.74, 6) is -4.17. The Kier molecular flexibility index (Phi) is 4.30. The van der Waals surface area contributed by atoms with Crippen molar-refractivity contribution in [3.8, 4) is 0 Å². The first-order valence-corrected chi connectivity index (χ1v) is 4.43. The second-order valence-electron chi connectivity index (χ2n) is 3.04. The van der Waals surface area contributed by atoms with Crippen molar-refractivity contribution < 1.29 is 27.8 Å². The van der Waals surface area contributed by atoms with E-state index in [1.807, 2.05) is 0 Å². The fraction of sp³-hybridized carbons (Fsp3) is 0.300. The number of hydrogen-bond acceptors (Lipinski definition) is 2. The van der Waals surface area contributed by atoms with E-state index in [0.29, 0.717) is 12.1 Å². The Morgan fingerprint density at radius 3 is 2.31 bits per heavy atom. The maximum absolute atomic E-state index is 13.0. The third-order valence-corrected chi connectivity index (χ3v) is 1.83. The zero-order valence-corrected chi connectivity index (χ0v) is 8.17. The van der Waals surface area contributed by atoms with Gasteiger partial charge < -0.3 is 9.84 Å². The van der Waals surface area contributed by atoms with Gasteiger partial charge in [0.2, 0.25) is 0 Å². The highest BCUT2D eigenvalue weighted by Gasteiger charge is 2.11. The Balaban J connectivity index is 2.57. The largest absolute Gasteiger partial charge is 0.480 e. The van der Waals surface area contributed by atoms with Gasteiger partial charge in [-0.1, -0.05) is 0 Å². The Morgan fingerprint density at radius 1 is 1.25 bits per heavy atom. The van der Waals surface area contributed by atoms with Gasteiger partial charge in [0.15, 0.2) is 0 Å². The predicted molar refractivity (Wildman–Crippen MR) is 48.5 cm³/mol. The van der Waals surface area contributed by atoms with Crippen molar-refractivity contribution in [3.63, 3.8) is 0 Å². The Bertz CT molecular complexity index is 370. The molecule has 1 rings (SSSR count). The Morgan fingerprint density at radius 2 is 1.81 bits per heavy atom. The molecule has 0 bridgehead atoms. The second kappa shape index (κ2) is 5.50. The minimum atomic E-state index is -1.17. The van der Waals surface area contributed by atoms with E-state index in [1.54, 1.807) is 0 Å². The van der Waals surface area contributed by atoms with Crippen LogP contribution in [0.1, 0.15) is 5.56 Å². The summed E-state index contributed by atoms with van der Waals surface area (Å²) >= 11 is 0. The smallest absolute Gasteiger partial charge is 0.329 e. The van der Waals surface area contributed by atoms with Crippen LogP contribution in [0, 0.1) is 17.5 Å². The van der Waals surface area contributed by atoms with Crippen molar-refractivity contribution in [3.05, 3.63) is 35.1 Å². The number of hydrogen-bond donors (Lipinski definition) is 1. The molecule has 3 nitrogen and oxygen atoms in total. The molecule has 1 aromatic carbocycles. The van der Waals surface area contributed by atoms with E-state index < -0.39 is 30.0 Å². The molecule has 16 heavy (non-hydrogen) atoms. The standard InChI is InChI=1S/C10H9F3O3/c11-6-3-8(12)7(9(13)4-6)1-2-16-5-10(14)15/h3-4H,1-2,5H2,(H,14,15). The monoisotopic (exact) mass is 234 g/mol. The highest BCUT2D eigenvalue weighted by Crippen LogP contribution is 2.15. The molecular formula is C10H9F3O3. The first-order chi connectivity index (χ1) is 7.50. The summed E-state index contributed by atoms with van der Waals surface area (Å²) in [5.41, 5.74) is -0.313. The Labute approximate surface area is 89.5 Å². The number of carboxylic acid groups (broad SMARTS) is 1. The SMILES string of the molecule is O=C(O)COCCc1c(F)cc(F)cc1F. The fourth-order valence-electron chi connectivity index (χ4n) is 1.14. The van der Waals surface area contributed by atoms with Crippen LogP contribution in [0.15, 0.2) is 12.1 Å². The maximum atomic E-state index is 13.0. The van der Waals surface area contributed by atoms with E-state index in [0.717, 1.165) is 0 Å². The van der Waals surface area contributed by atoms with E-state index in [-0.39, 0.29) is 18.6 Å². The summed E-state index contributed by atoms with van der Waals surface area (Å²) < 4.78 is 43.2. The minimum absolute atomic E-state index is 0.147. The number of ether oxygens (including phenoxy) is 1. The number of halogens is 3. The summed E-state index contributed by atoms with van der Waals surface area (Å²) in [4.78, 5) is 10.1. The van der Waals surface area contributed by atoms with Gasteiger partial charge in [-0.25, -0.2) is 18.0 Å². The number of benzene rings is 1. The van der Waals surface area contributed by atoms with Gasteiger partial charge in [-0.3, -0.25) is 0 Å². The highest BCUT2D eigenvalue weighted by atomic mass is 19.1. The van der Waals surface area contributed by atoms with E-state index in [4.69, 9.17) is 5.11 Å². The van der Waals surface area contributed by atoms with Gasteiger partial charge in [-0.05, 0) is 0 Å². The van der Waals surface area contributed by atoms with Crippen LogP contribution >= 0.6 is 0 Å². The molecule has 0 radical (unpaired) electrons. The molecule has 1 aromatic rings.